The Balaban J connectivity index is 1.74. The summed E-state index contributed by atoms with van der Waals surface area (Å²) in [6.45, 7) is 4.51. The number of carbonyl (C=O) groups excluding carboxylic acids is 1. The lowest BCUT2D eigenvalue weighted by molar-refractivity contribution is -0.256. The molecule has 0 bridgehead atoms. The van der Waals surface area contributed by atoms with Crippen molar-refractivity contribution in [3.05, 3.63) is 0 Å². The Bertz CT molecular complexity index is 411. The molecular formula is C13H20O8. The van der Waals surface area contributed by atoms with Crippen LogP contribution in [0.3, 0.4) is 0 Å². The van der Waals surface area contributed by atoms with Crippen LogP contribution in [-0.4, -0.2) is 62.7 Å². The topological polar surface area (TPSA) is 81.7 Å². The first-order valence-corrected chi connectivity index (χ1v) is 6.88. The van der Waals surface area contributed by atoms with E-state index in [4.69, 9.17) is 33.2 Å². The highest BCUT2D eigenvalue weighted by molar-refractivity contribution is 5.66. The Kier molecular flexibility index (Phi) is 3.93. The summed E-state index contributed by atoms with van der Waals surface area (Å²) in [5.74, 6) is -1.21. The summed E-state index contributed by atoms with van der Waals surface area (Å²) in [4.78, 5) is 11.2. The molecule has 21 heavy (non-hydrogen) atoms. The predicted molar refractivity (Wildman–Crippen MR) is 65.9 cm³/mol. The SMILES string of the molecule is COC1OC[C@H]([C@H]2O[C@H](OC(C)=O)[C@H]3OC(C)(C)O[C@H]32)O1. The molecule has 0 aromatic carbocycles. The molecule has 8 heteroatoms. The van der Waals surface area contributed by atoms with E-state index in [0.29, 0.717) is 6.61 Å². The average molecular weight is 304 g/mol. The summed E-state index contributed by atoms with van der Waals surface area (Å²) in [6, 6.07) is 0. The van der Waals surface area contributed by atoms with E-state index < -0.39 is 42.8 Å². The molecule has 0 amide bonds. The largest absolute Gasteiger partial charge is 0.433 e. The number of hydrogen-bond donors (Lipinski definition) is 0. The number of hydrogen-bond acceptors (Lipinski definition) is 8. The van der Waals surface area contributed by atoms with Gasteiger partial charge in [0.05, 0.1) is 6.61 Å². The van der Waals surface area contributed by atoms with Crippen LogP contribution in [0.1, 0.15) is 20.8 Å². The highest BCUT2D eigenvalue weighted by Crippen LogP contribution is 2.41. The van der Waals surface area contributed by atoms with Crippen LogP contribution in [0.15, 0.2) is 0 Å². The zero-order chi connectivity index (χ0) is 15.2. The van der Waals surface area contributed by atoms with Crippen LogP contribution in [0.2, 0.25) is 0 Å². The minimum absolute atomic E-state index is 0.309. The molecule has 0 radical (unpaired) electrons. The summed E-state index contributed by atoms with van der Waals surface area (Å²) >= 11 is 0. The van der Waals surface area contributed by atoms with Gasteiger partial charge in [-0.2, -0.15) is 0 Å². The van der Waals surface area contributed by atoms with Gasteiger partial charge in [-0.25, -0.2) is 0 Å². The minimum Gasteiger partial charge on any atom is -0.433 e. The first-order chi connectivity index (χ1) is 9.89. The predicted octanol–water partition coefficient (Wildman–Crippen LogP) is 0.140. The van der Waals surface area contributed by atoms with Gasteiger partial charge in [0.1, 0.15) is 18.3 Å². The fraction of sp³-hybridized carbons (Fsp3) is 0.923. The standard InChI is InChI=1S/C13H20O8/c1-6(14)17-11-10-9(20-13(2,3)21-10)8(19-11)7-5-16-12(15-4)18-7/h7-12H,5H2,1-4H3/t7-,8-,9+,10+,11+,12?/m1/s1. The van der Waals surface area contributed by atoms with E-state index in [-0.39, 0.29) is 6.10 Å². The first kappa shape index (κ1) is 15.1. The van der Waals surface area contributed by atoms with Crippen molar-refractivity contribution in [1.29, 1.82) is 0 Å². The summed E-state index contributed by atoms with van der Waals surface area (Å²) in [7, 11) is 1.49. The van der Waals surface area contributed by atoms with Gasteiger partial charge in [-0.1, -0.05) is 0 Å². The van der Waals surface area contributed by atoms with Gasteiger partial charge in [-0.05, 0) is 13.8 Å². The van der Waals surface area contributed by atoms with Gasteiger partial charge in [0.15, 0.2) is 11.9 Å². The molecule has 1 unspecified atom stereocenters. The molecule has 0 aromatic heterocycles. The molecule has 0 aromatic rings. The lowest BCUT2D eigenvalue weighted by atomic mass is 10.1. The Morgan fingerprint density at radius 3 is 2.48 bits per heavy atom. The molecule has 3 saturated heterocycles. The van der Waals surface area contributed by atoms with Crippen LogP contribution in [0.4, 0.5) is 0 Å². The molecule has 3 fully saturated rings. The molecule has 0 saturated carbocycles. The fourth-order valence-electron chi connectivity index (χ4n) is 2.84. The Labute approximate surface area is 122 Å². The third-order valence-electron chi connectivity index (χ3n) is 3.57. The van der Waals surface area contributed by atoms with Crippen molar-refractivity contribution in [1.82, 2.24) is 0 Å². The molecule has 6 atom stereocenters. The number of rotatable bonds is 3. The molecule has 3 rings (SSSR count). The number of esters is 1. The number of carbonyl (C=O) groups is 1. The number of methoxy groups -OCH3 is 1. The molecular weight excluding hydrogens is 284 g/mol. The van der Waals surface area contributed by atoms with Crippen molar-refractivity contribution in [3.8, 4) is 0 Å². The summed E-state index contributed by atoms with van der Waals surface area (Å²) in [5.41, 5.74) is 0. The van der Waals surface area contributed by atoms with Gasteiger partial charge < -0.3 is 33.2 Å². The average Bonchev–Trinajstić information content (AvgIpc) is 3.03. The Morgan fingerprint density at radius 1 is 1.14 bits per heavy atom. The van der Waals surface area contributed by atoms with Crippen molar-refractivity contribution in [2.45, 2.75) is 63.7 Å². The van der Waals surface area contributed by atoms with Crippen molar-refractivity contribution in [3.63, 3.8) is 0 Å². The maximum atomic E-state index is 11.2. The van der Waals surface area contributed by atoms with Crippen LogP contribution >= 0.6 is 0 Å². The zero-order valence-corrected chi connectivity index (χ0v) is 12.4. The summed E-state index contributed by atoms with van der Waals surface area (Å²) in [6.07, 6.45) is -2.53. The van der Waals surface area contributed by atoms with Gasteiger partial charge in [0.25, 0.3) is 6.48 Å². The lowest BCUT2D eigenvalue weighted by Gasteiger charge is -2.25. The molecule has 0 aliphatic carbocycles. The molecule has 0 N–H and O–H groups in total. The number of ether oxygens (including phenoxy) is 7. The van der Waals surface area contributed by atoms with Crippen molar-refractivity contribution < 1.29 is 38.0 Å². The molecule has 3 aliphatic heterocycles. The second-order valence-electron chi connectivity index (χ2n) is 5.68. The second kappa shape index (κ2) is 5.45. The lowest BCUT2D eigenvalue weighted by Crippen LogP contribution is -2.40. The van der Waals surface area contributed by atoms with Gasteiger partial charge in [0, 0.05) is 14.0 Å². The summed E-state index contributed by atoms with van der Waals surface area (Å²) in [5, 5.41) is 0. The highest BCUT2D eigenvalue weighted by atomic mass is 16.9. The van der Waals surface area contributed by atoms with Crippen LogP contribution in [0.5, 0.6) is 0 Å². The molecule has 3 heterocycles. The van der Waals surface area contributed by atoms with Gasteiger partial charge >= 0.3 is 5.97 Å². The van der Waals surface area contributed by atoms with E-state index in [2.05, 4.69) is 0 Å². The van der Waals surface area contributed by atoms with Crippen LogP contribution < -0.4 is 0 Å². The van der Waals surface area contributed by atoms with Gasteiger partial charge in [-0.15, -0.1) is 0 Å². The van der Waals surface area contributed by atoms with Crippen LogP contribution in [0, 0.1) is 0 Å². The van der Waals surface area contributed by atoms with Crippen molar-refractivity contribution in [2.24, 2.45) is 0 Å². The molecule has 3 aliphatic rings. The van der Waals surface area contributed by atoms with Gasteiger partial charge in [0.2, 0.25) is 6.29 Å². The monoisotopic (exact) mass is 304 g/mol. The third-order valence-corrected chi connectivity index (χ3v) is 3.57. The maximum Gasteiger partial charge on any atom is 0.305 e. The van der Waals surface area contributed by atoms with Crippen molar-refractivity contribution >= 4 is 5.97 Å². The highest BCUT2D eigenvalue weighted by Gasteiger charge is 2.59. The van der Waals surface area contributed by atoms with E-state index >= 15 is 0 Å². The molecule has 8 nitrogen and oxygen atoms in total. The van der Waals surface area contributed by atoms with Gasteiger partial charge in [-0.3, -0.25) is 4.79 Å². The molecule has 120 valence electrons. The smallest absolute Gasteiger partial charge is 0.305 e. The minimum atomic E-state index is -0.815. The van der Waals surface area contributed by atoms with E-state index in [1.165, 1.54) is 14.0 Å². The Morgan fingerprint density at radius 2 is 1.86 bits per heavy atom. The van der Waals surface area contributed by atoms with E-state index in [1.807, 2.05) is 0 Å². The normalized spacial score (nSPS) is 44.8. The zero-order valence-electron chi connectivity index (χ0n) is 12.4. The van der Waals surface area contributed by atoms with Crippen LogP contribution in [-0.2, 0) is 38.0 Å². The maximum absolute atomic E-state index is 11.2. The fourth-order valence-corrected chi connectivity index (χ4v) is 2.84. The second-order valence-corrected chi connectivity index (χ2v) is 5.68. The van der Waals surface area contributed by atoms with Crippen molar-refractivity contribution in [2.75, 3.05) is 13.7 Å². The van der Waals surface area contributed by atoms with E-state index in [1.54, 1.807) is 13.8 Å². The molecule has 0 spiro atoms. The first-order valence-electron chi connectivity index (χ1n) is 6.88. The Hall–Kier alpha value is -0.770. The quantitative estimate of drug-likeness (QED) is 0.681. The third kappa shape index (κ3) is 2.92. The number of fused-ring (bicyclic) bond motifs is 1. The van der Waals surface area contributed by atoms with Crippen LogP contribution in [0.25, 0.3) is 0 Å². The van der Waals surface area contributed by atoms with E-state index in [0.717, 1.165) is 0 Å². The van der Waals surface area contributed by atoms with E-state index in [9.17, 15) is 4.79 Å². The summed E-state index contributed by atoms with van der Waals surface area (Å²) < 4.78 is 38.4.